The van der Waals surface area contributed by atoms with Crippen molar-refractivity contribution in [2.24, 2.45) is 0 Å². The number of pyridine rings is 1. The second-order valence-corrected chi connectivity index (χ2v) is 10.5. The minimum absolute atomic E-state index is 0.0112. The summed E-state index contributed by atoms with van der Waals surface area (Å²) in [6, 6.07) is 20.8. The predicted octanol–water partition coefficient (Wildman–Crippen LogP) is 7.41. The van der Waals surface area contributed by atoms with Crippen molar-refractivity contribution in [3.8, 4) is 0 Å². The fraction of sp³-hybridized carbons (Fsp3) is 0.258. The highest BCUT2D eigenvalue weighted by molar-refractivity contribution is 6.30. The molecule has 1 aliphatic carbocycles. The van der Waals surface area contributed by atoms with Crippen LogP contribution in [-0.2, 0) is 17.8 Å². The number of carboxylic acids is 1. The van der Waals surface area contributed by atoms with Crippen molar-refractivity contribution in [3.63, 3.8) is 0 Å². The van der Waals surface area contributed by atoms with Crippen LogP contribution in [-0.4, -0.2) is 33.0 Å². The van der Waals surface area contributed by atoms with E-state index in [9.17, 15) is 14.0 Å². The quantitative estimate of drug-likeness (QED) is 0.253. The first-order valence-corrected chi connectivity index (χ1v) is 13.4. The molecule has 0 bridgehead atoms. The van der Waals surface area contributed by atoms with Crippen molar-refractivity contribution in [3.05, 3.63) is 107 Å². The fourth-order valence-electron chi connectivity index (χ4n) is 5.42. The van der Waals surface area contributed by atoms with E-state index in [-0.39, 0.29) is 30.2 Å². The van der Waals surface area contributed by atoms with E-state index in [0.29, 0.717) is 22.8 Å². The molecule has 5 rings (SSSR count). The fourth-order valence-corrected chi connectivity index (χ4v) is 5.55. The Morgan fingerprint density at radius 1 is 0.949 bits per heavy atom. The van der Waals surface area contributed by atoms with Crippen LogP contribution < -0.4 is 5.32 Å². The molecule has 0 spiro atoms. The molecule has 0 saturated heterocycles. The maximum atomic E-state index is 14.0. The lowest BCUT2D eigenvalue weighted by Crippen LogP contribution is -2.44. The summed E-state index contributed by atoms with van der Waals surface area (Å²) in [7, 11) is 0. The first-order valence-electron chi connectivity index (χ1n) is 13.0. The number of carboxylic acid groups (broad SMARTS) is 1. The van der Waals surface area contributed by atoms with Crippen LogP contribution in [0.15, 0.2) is 79.0 Å². The summed E-state index contributed by atoms with van der Waals surface area (Å²) in [5, 5.41) is 13.5. The summed E-state index contributed by atoms with van der Waals surface area (Å²) in [5.41, 5.74) is 4.18. The zero-order valence-electron chi connectivity index (χ0n) is 21.3. The van der Waals surface area contributed by atoms with E-state index in [4.69, 9.17) is 16.7 Å². The van der Waals surface area contributed by atoms with E-state index in [2.05, 4.69) is 10.3 Å². The lowest BCUT2D eigenvalue weighted by atomic mass is 9.80. The van der Waals surface area contributed by atoms with Crippen LogP contribution in [0.25, 0.3) is 10.9 Å². The third-order valence-corrected chi connectivity index (χ3v) is 7.65. The first kappa shape index (κ1) is 26.6. The normalized spacial score (nSPS) is 17.1. The number of benzene rings is 3. The lowest BCUT2D eigenvalue weighted by Gasteiger charge is -2.37. The van der Waals surface area contributed by atoms with Gasteiger partial charge in [-0.05, 0) is 96.8 Å². The van der Waals surface area contributed by atoms with Crippen LogP contribution in [0.3, 0.4) is 0 Å². The highest BCUT2D eigenvalue weighted by Gasteiger charge is 2.30. The minimum atomic E-state index is -0.881. The Hall–Kier alpha value is -3.97. The van der Waals surface area contributed by atoms with Crippen molar-refractivity contribution in [1.82, 2.24) is 9.88 Å². The highest BCUT2D eigenvalue weighted by Crippen LogP contribution is 2.38. The van der Waals surface area contributed by atoms with E-state index in [1.54, 1.807) is 54.7 Å². The molecular weight excluding hydrogens is 517 g/mol. The zero-order chi connectivity index (χ0) is 27.4. The van der Waals surface area contributed by atoms with Crippen molar-refractivity contribution in [2.75, 3.05) is 5.32 Å². The van der Waals surface area contributed by atoms with Gasteiger partial charge in [-0.1, -0.05) is 35.9 Å². The maximum absolute atomic E-state index is 14.0. The molecule has 0 radical (unpaired) electrons. The van der Waals surface area contributed by atoms with Gasteiger partial charge in [-0.15, -0.1) is 0 Å². The molecule has 1 aliphatic rings. The molecule has 4 aromatic rings. The molecule has 1 saturated carbocycles. The topological polar surface area (TPSA) is 82.5 Å². The van der Waals surface area contributed by atoms with Crippen molar-refractivity contribution in [1.29, 1.82) is 0 Å². The number of aliphatic carboxylic acids is 1. The molecule has 0 atom stereocenters. The van der Waals surface area contributed by atoms with Gasteiger partial charge in [0.1, 0.15) is 5.82 Å². The van der Waals surface area contributed by atoms with E-state index >= 15 is 0 Å². The summed E-state index contributed by atoms with van der Waals surface area (Å²) >= 11 is 6.01. The van der Waals surface area contributed by atoms with Gasteiger partial charge < -0.3 is 15.3 Å². The monoisotopic (exact) mass is 545 g/mol. The minimum Gasteiger partial charge on any atom is -0.481 e. The molecule has 6 nitrogen and oxygen atoms in total. The number of halogens is 2. The number of aromatic nitrogens is 1. The molecular formula is C31H29ClFN3O3. The molecule has 8 heteroatoms. The molecule has 1 aromatic heterocycles. The molecule has 3 aromatic carbocycles. The van der Waals surface area contributed by atoms with Crippen LogP contribution in [0.1, 0.15) is 48.3 Å². The molecule has 0 aliphatic heterocycles. The summed E-state index contributed by atoms with van der Waals surface area (Å²) in [6.07, 6.45) is 5.06. The average Bonchev–Trinajstić information content (AvgIpc) is 2.93. The van der Waals surface area contributed by atoms with E-state index in [0.717, 1.165) is 47.7 Å². The van der Waals surface area contributed by atoms with Gasteiger partial charge in [0.2, 0.25) is 0 Å². The number of anilines is 1. The first-order chi connectivity index (χ1) is 18.9. The molecule has 0 unspecified atom stereocenters. The van der Waals surface area contributed by atoms with Gasteiger partial charge in [0.15, 0.2) is 0 Å². The maximum Gasteiger partial charge on any atom is 0.322 e. The third kappa shape index (κ3) is 6.55. The van der Waals surface area contributed by atoms with Gasteiger partial charge in [-0.25, -0.2) is 9.18 Å². The predicted molar refractivity (Wildman–Crippen MR) is 150 cm³/mol. The Morgan fingerprint density at radius 2 is 1.64 bits per heavy atom. The molecule has 2 amide bonds. The number of hydrogen-bond acceptors (Lipinski definition) is 3. The van der Waals surface area contributed by atoms with Crippen LogP contribution in [0.2, 0.25) is 5.02 Å². The van der Waals surface area contributed by atoms with Gasteiger partial charge in [0.05, 0.1) is 11.9 Å². The van der Waals surface area contributed by atoms with Gasteiger partial charge in [0, 0.05) is 34.9 Å². The molecule has 1 heterocycles. The lowest BCUT2D eigenvalue weighted by molar-refractivity contribution is -0.136. The number of fused-ring (bicyclic) bond motifs is 1. The van der Waals surface area contributed by atoms with Gasteiger partial charge in [-0.3, -0.25) is 9.78 Å². The number of hydrogen-bond donors (Lipinski definition) is 2. The Bertz CT molecular complexity index is 1470. The second-order valence-electron chi connectivity index (χ2n) is 10.0. The number of amides is 2. The van der Waals surface area contributed by atoms with Crippen LogP contribution in [0.4, 0.5) is 14.9 Å². The van der Waals surface area contributed by atoms with Gasteiger partial charge in [-0.2, -0.15) is 0 Å². The summed E-state index contributed by atoms with van der Waals surface area (Å²) < 4.78 is 14.0. The van der Waals surface area contributed by atoms with Crippen molar-refractivity contribution in [2.45, 2.75) is 50.6 Å². The van der Waals surface area contributed by atoms with Crippen molar-refractivity contribution >= 4 is 40.2 Å². The Labute approximate surface area is 231 Å². The standard InChI is InChI=1S/C31H29ClFN3O3/c32-23-7-10-25(11-8-23)35-31(39)36(19-21-3-1-20(2-4-21)17-30(37)38)26-12-5-22(6-13-26)27-15-16-34-29-14-9-24(33)18-28(27)29/h1-4,7-11,14-16,18,22,26H,5-6,12-13,17,19H2,(H,35,39)(H,37,38). The van der Waals surface area contributed by atoms with Crippen LogP contribution in [0.5, 0.6) is 0 Å². The van der Waals surface area contributed by atoms with E-state index < -0.39 is 5.97 Å². The SMILES string of the molecule is O=C(O)Cc1ccc(CN(C(=O)Nc2ccc(Cl)cc2)C2CCC(c3ccnc4ccc(F)cc34)CC2)cc1. The number of rotatable bonds is 7. The number of nitrogens with zero attached hydrogens (tertiary/aromatic N) is 2. The van der Waals surface area contributed by atoms with Gasteiger partial charge in [0.25, 0.3) is 0 Å². The number of carbonyl (C=O) groups excluding carboxylic acids is 1. The zero-order valence-corrected chi connectivity index (χ0v) is 22.1. The molecule has 2 N–H and O–H groups in total. The Morgan fingerprint density at radius 3 is 2.33 bits per heavy atom. The van der Waals surface area contributed by atoms with E-state index in [1.165, 1.54) is 6.07 Å². The molecule has 39 heavy (non-hydrogen) atoms. The summed E-state index contributed by atoms with van der Waals surface area (Å²) in [5.74, 6) is -0.900. The smallest absolute Gasteiger partial charge is 0.322 e. The largest absolute Gasteiger partial charge is 0.481 e. The highest BCUT2D eigenvalue weighted by atomic mass is 35.5. The number of nitrogens with one attached hydrogen (secondary N) is 1. The summed E-state index contributed by atoms with van der Waals surface area (Å²) in [4.78, 5) is 30.8. The average molecular weight is 546 g/mol. The Kier molecular flexibility index (Phi) is 8.07. The second kappa shape index (κ2) is 11.8. The summed E-state index contributed by atoms with van der Waals surface area (Å²) in [6.45, 7) is 0.394. The molecule has 1 fully saturated rings. The molecule has 200 valence electrons. The number of carbonyl (C=O) groups is 2. The Balaban J connectivity index is 1.34. The van der Waals surface area contributed by atoms with E-state index in [1.807, 2.05) is 23.1 Å². The van der Waals surface area contributed by atoms with Crippen LogP contribution >= 0.6 is 11.6 Å². The van der Waals surface area contributed by atoms with Crippen molar-refractivity contribution < 1.29 is 19.1 Å². The van der Waals surface area contributed by atoms with Gasteiger partial charge >= 0.3 is 12.0 Å². The van der Waals surface area contributed by atoms with Crippen LogP contribution in [0, 0.1) is 5.82 Å². The number of urea groups is 1. The third-order valence-electron chi connectivity index (χ3n) is 7.40.